The maximum absolute atomic E-state index is 10.8. The van der Waals surface area contributed by atoms with Crippen molar-refractivity contribution in [3.8, 4) is 0 Å². The van der Waals surface area contributed by atoms with Gasteiger partial charge in [-0.1, -0.05) is 0 Å². The second-order valence-electron chi connectivity index (χ2n) is 3.05. The van der Waals surface area contributed by atoms with Crippen LogP contribution in [0.3, 0.4) is 0 Å². The molecule has 0 bridgehead atoms. The first-order chi connectivity index (χ1) is 5.24. The molecule has 0 radical (unpaired) electrons. The summed E-state index contributed by atoms with van der Waals surface area (Å²) in [6, 6.07) is 0. The van der Waals surface area contributed by atoms with Crippen molar-refractivity contribution in [2.24, 2.45) is 5.92 Å². The molecular formula is C8H14O2S. The lowest BCUT2D eigenvalue weighted by Gasteiger charge is -2.25. The van der Waals surface area contributed by atoms with Crippen LogP contribution < -0.4 is 0 Å². The minimum atomic E-state index is 0.0413. The summed E-state index contributed by atoms with van der Waals surface area (Å²) < 4.78 is 5.18. The number of carbonyl (C=O) groups is 1. The van der Waals surface area contributed by atoms with Crippen LogP contribution in [0.1, 0.15) is 25.7 Å². The van der Waals surface area contributed by atoms with Crippen LogP contribution in [-0.2, 0) is 9.53 Å². The van der Waals surface area contributed by atoms with Crippen LogP contribution in [-0.4, -0.2) is 18.3 Å². The van der Waals surface area contributed by atoms with Gasteiger partial charge in [0.2, 0.25) is 0 Å². The monoisotopic (exact) mass is 174 g/mol. The molecule has 0 aromatic carbocycles. The highest BCUT2D eigenvalue weighted by Crippen LogP contribution is 2.27. The highest BCUT2D eigenvalue weighted by Gasteiger charge is 2.23. The van der Waals surface area contributed by atoms with Gasteiger partial charge in [0.15, 0.2) is 5.12 Å². The molecular weight excluding hydrogens is 160 g/mol. The molecule has 0 spiro atoms. The summed E-state index contributed by atoms with van der Waals surface area (Å²) in [5, 5.41) is 0.0413. The van der Waals surface area contributed by atoms with Crippen LogP contribution in [0.5, 0.6) is 0 Å². The number of hydrogen-bond donors (Lipinski definition) is 1. The summed E-state index contributed by atoms with van der Waals surface area (Å²) >= 11 is 3.82. The predicted molar refractivity (Wildman–Crippen MR) is 46.7 cm³/mol. The molecule has 3 heteroatoms. The molecule has 0 aromatic heterocycles. The molecule has 0 atom stereocenters. The van der Waals surface area contributed by atoms with Gasteiger partial charge in [0, 0.05) is 13.0 Å². The lowest BCUT2D eigenvalue weighted by molar-refractivity contribution is -0.115. The van der Waals surface area contributed by atoms with Crippen LogP contribution in [0, 0.1) is 5.92 Å². The van der Waals surface area contributed by atoms with Gasteiger partial charge in [-0.3, -0.25) is 4.79 Å². The smallest absolute Gasteiger partial charge is 0.188 e. The summed E-state index contributed by atoms with van der Waals surface area (Å²) in [6.45, 7) is 0. The van der Waals surface area contributed by atoms with Crippen molar-refractivity contribution in [3.05, 3.63) is 0 Å². The van der Waals surface area contributed by atoms with Crippen LogP contribution in [0.2, 0.25) is 0 Å². The molecule has 0 saturated heterocycles. The van der Waals surface area contributed by atoms with E-state index < -0.39 is 0 Å². The van der Waals surface area contributed by atoms with Crippen LogP contribution in [0.25, 0.3) is 0 Å². The zero-order valence-electron chi connectivity index (χ0n) is 6.75. The van der Waals surface area contributed by atoms with E-state index in [4.69, 9.17) is 4.74 Å². The Labute approximate surface area is 72.7 Å². The first-order valence-electron chi connectivity index (χ1n) is 3.99. The fourth-order valence-electron chi connectivity index (χ4n) is 1.55. The average Bonchev–Trinajstić information content (AvgIpc) is 2.05. The van der Waals surface area contributed by atoms with Crippen molar-refractivity contribution >= 4 is 17.7 Å². The minimum absolute atomic E-state index is 0.0413. The molecule has 0 heterocycles. The minimum Gasteiger partial charge on any atom is -0.381 e. The molecule has 2 nitrogen and oxygen atoms in total. The van der Waals surface area contributed by atoms with Gasteiger partial charge in [0.1, 0.15) is 0 Å². The van der Waals surface area contributed by atoms with E-state index >= 15 is 0 Å². The van der Waals surface area contributed by atoms with Crippen molar-refractivity contribution in [1.29, 1.82) is 0 Å². The van der Waals surface area contributed by atoms with Crippen molar-refractivity contribution < 1.29 is 9.53 Å². The molecule has 1 rings (SSSR count). The highest BCUT2D eigenvalue weighted by molar-refractivity contribution is 7.96. The topological polar surface area (TPSA) is 26.3 Å². The predicted octanol–water partition coefficient (Wildman–Crippen LogP) is 1.65. The van der Waals surface area contributed by atoms with Crippen molar-refractivity contribution in [2.45, 2.75) is 31.8 Å². The SMILES string of the molecule is COC1CCC(C(=O)S)CC1. The van der Waals surface area contributed by atoms with E-state index in [9.17, 15) is 4.79 Å². The Balaban J connectivity index is 2.30. The van der Waals surface area contributed by atoms with E-state index in [2.05, 4.69) is 12.6 Å². The third-order valence-corrected chi connectivity index (χ3v) is 2.72. The molecule has 0 N–H and O–H groups in total. The van der Waals surface area contributed by atoms with Gasteiger partial charge in [-0.25, -0.2) is 0 Å². The van der Waals surface area contributed by atoms with Crippen LogP contribution in [0.4, 0.5) is 0 Å². The molecule has 0 aliphatic heterocycles. The van der Waals surface area contributed by atoms with Gasteiger partial charge in [-0.05, 0) is 25.7 Å². The van der Waals surface area contributed by atoms with Gasteiger partial charge in [0.25, 0.3) is 0 Å². The second kappa shape index (κ2) is 4.12. The number of methoxy groups -OCH3 is 1. The molecule has 1 aliphatic rings. The zero-order valence-corrected chi connectivity index (χ0v) is 7.64. The third-order valence-electron chi connectivity index (χ3n) is 2.36. The summed E-state index contributed by atoms with van der Waals surface area (Å²) in [7, 11) is 1.73. The Morgan fingerprint density at radius 1 is 1.36 bits per heavy atom. The Kier molecular flexibility index (Phi) is 3.40. The van der Waals surface area contributed by atoms with E-state index in [1.54, 1.807) is 7.11 Å². The van der Waals surface area contributed by atoms with Crippen molar-refractivity contribution in [2.75, 3.05) is 7.11 Å². The molecule has 0 aromatic rings. The quantitative estimate of drug-likeness (QED) is 0.644. The van der Waals surface area contributed by atoms with E-state index in [1.165, 1.54) is 0 Å². The fraction of sp³-hybridized carbons (Fsp3) is 0.875. The Bertz CT molecular complexity index is 139. The van der Waals surface area contributed by atoms with Gasteiger partial charge < -0.3 is 4.74 Å². The third kappa shape index (κ3) is 2.49. The van der Waals surface area contributed by atoms with Gasteiger partial charge in [0.05, 0.1) is 6.10 Å². The van der Waals surface area contributed by atoms with Crippen molar-refractivity contribution in [3.63, 3.8) is 0 Å². The van der Waals surface area contributed by atoms with E-state index in [-0.39, 0.29) is 11.0 Å². The molecule has 1 aliphatic carbocycles. The number of carbonyl (C=O) groups excluding carboxylic acids is 1. The summed E-state index contributed by atoms with van der Waals surface area (Å²) in [6.07, 6.45) is 4.28. The highest BCUT2D eigenvalue weighted by atomic mass is 32.1. The van der Waals surface area contributed by atoms with E-state index in [0.29, 0.717) is 6.10 Å². The number of hydrogen-bond acceptors (Lipinski definition) is 2. The normalized spacial score (nSPS) is 31.8. The Hall–Kier alpha value is -0.0200. The summed E-state index contributed by atoms with van der Waals surface area (Å²) in [5.74, 6) is 0.185. The van der Waals surface area contributed by atoms with Gasteiger partial charge in [-0.15, -0.1) is 12.6 Å². The maximum Gasteiger partial charge on any atom is 0.188 e. The fourth-order valence-corrected chi connectivity index (χ4v) is 1.80. The standard InChI is InChI=1S/C8H14O2S/c1-10-7-4-2-6(3-5-7)8(9)11/h6-7H,2-5H2,1H3,(H,9,11). The second-order valence-corrected chi connectivity index (χ2v) is 3.49. The first-order valence-corrected chi connectivity index (χ1v) is 4.44. The van der Waals surface area contributed by atoms with Crippen LogP contribution >= 0.6 is 12.6 Å². The van der Waals surface area contributed by atoms with E-state index in [0.717, 1.165) is 25.7 Å². The lowest BCUT2D eigenvalue weighted by Crippen LogP contribution is -2.23. The zero-order chi connectivity index (χ0) is 8.27. The van der Waals surface area contributed by atoms with Crippen LogP contribution in [0.15, 0.2) is 0 Å². The summed E-state index contributed by atoms with van der Waals surface area (Å²) in [4.78, 5) is 10.8. The number of thiol groups is 1. The number of ether oxygens (including phenoxy) is 1. The maximum atomic E-state index is 10.8. The Morgan fingerprint density at radius 2 is 1.91 bits per heavy atom. The van der Waals surface area contributed by atoms with Crippen molar-refractivity contribution in [1.82, 2.24) is 0 Å². The molecule has 11 heavy (non-hydrogen) atoms. The largest absolute Gasteiger partial charge is 0.381 e. The van der Waals surface area contributed by atoms with Gasteiger partial charge in [-0.2, -0.15) is 0 Å². The number of rotatable bonds is 2. The summed E-state index contributed by atoms with van der Waals surface area (Å²) in [5.41, 5.74) is 0. The Morgan fingerprint density at radius 3 is 2.27 bits per heavy atom. The van der Waals surface area contributed by atoms with E-state index in [1.807, 2.05) is 0 Å². The first kappa shape index (κ1) is 9.07. The molecule has 0 unspecified atom stereocenters. The molecule has 0 amide bonds. The van der Waals surface area contributed by atoms with Gasteiger partial charge >= 0.3 is 0 Å². The average molecular weight is 174 g/mol. The molecule has 1 fully saturated rings. The molecule has 64 valence electrons. The molecule has 1 saturated carbocycles. The lowest BCUT2D eigenvalue weighted by atomic mass is 9.88.